The molecule has 1 unspecified atom stereocenters. The predicted molar refractivity (Wildman–Crippen MR) is 86.0 cm³/mol. The van der Waals surface area contributed by atoms with Gasteiger partial charge in [-0.3, -0.25) is 4.79 Å². The molecule has 0 radical (unpaired) electrons. The average Bonchev–Trinajstić information content (AvgIpc) is 2.50. The van der Waals surface area contributed by atoms with Crippen LogP contribution in [0.2, 0.25) is 0 Å². The van der Waals surface area contributed by atoms with Gasteiger partial charge in [-0.05, 0) is 43.2 Å². The number of anilines is 1. The summed E-state index contributed by atoms with van der Waals surface area (Å²) in [5.41, 5.74) is 2.46. The van der Waals surface area contributed by atoms with Gasteiger partial charge in [-0.2, -0.15) is 0 Å². The minimum atomic E-state index is -0.711. The molecule has 0 aliphatic heterocycles. The number of halogens is 1. The molecule has 21 heavy (non-hydrogen) atoms. The van der Waals surface area contributed by atoms with E-state index in [1.54, 1.807) is 0 Å². The molecular formula is C17H18ClNO2. The van der Waals surface area contributed by atoms with Gasteiger partial charge in [0.2, 0.25) is 5.91 Å². The summed E-state index contributed by atoms with van der Waals surface area (Å²) in [6, 6.07) is 14.8. The predicted octanol–water partition coefficient (Wildman–Crippen LogP) is 4.31. The SMILES string of the molecule is CCOc1ccc(NC(=O)C(Cl)c2ccccc2)c(C)c1. The van der Waals surface area contributed by atoms with Crippen molar-refractivity contribution in [1.82, 2.24) is 0 Å². The third kappa shape index (κ3) is 3.99. The number of carbonyl (C=O) groups excluding carboxylic acids is 1. The fraction of sp³-hybridized carbons (Fsp3) is 0.235. The molecule has 3 nitrogen and oxygen atoms in total. The highest BCUT2D eigenvalue weighted by Gasteiger charge is 2.18. The Morgan fingerprint density at radius 1 is 1.24 bits per heavy atom. The molecule has 2 aromatic rings. The third-order valence-corrected chi connectivity index (χ3v) is 3.54. The number of aryl methyl sites for hydroxylation is 1. The van der Waals surface area contributed by atoms with E-state index >= 15 is 0 Å². The van der Waals surface area contributed by atoms with Crippen LogP contribution in [0.15, 0.2) is 48.5 Å². The van der Waals surface area contributed by atoms with Crippen LogP contribution in [0.25, 0.3) is 0 Å². The Balaban J connectivity index is 2.09. The van der Waals surface area contributed by atoms with Crippen LogP contribution in [-0.4, -0.2) is 12.5 Å². The van der Waals surface area contributed by atoms with Gasteiger partial charge in [0.1, 0.15) is 11.1 Å². The molecule has 0 heterocycles. The lowest BCUT2D eigenvalue weighted by molar-refractivity contribution is -0.116. The number of ether oxygens (including phenoxy) is 1. The molecule has 1 amide bonds. The van der Waals surface area contributed by atoms with Crippen molar-refractivity contribution in [2.75, 3.05) is 11.9 Å². The molecular weight excluding hydrogens is 286 g/mol. The van der Waals surface area contributed by atoms with Crippen molar-refractivity contribution in [2.24, 2.45) is 0 Å². The molecule has 0 spiro atoms. The van der Waals surface area contributed by atoms with E-state index in [9.17, 15) is 4.79 Å². The van der Waals surface area contributed by atoms with Crippen molar-refractivity contribution < 1.29 is 9.53 Å². The summed E-state index contributed by atoms with van der Waals surface area (Å²) in [4.78, 5) is 12.2. The van der Waals surface area contributed by atoms with Crippen LogP contribution in [0.5, 0.6) is 5.75 Å². The normalized spacial score (nSPS) is 11.8. The summed E-state index contributed by atoms with van der Waals surface area (Å²) in [5, 5.41) is 2.14. The van der Waals surface area contributed by atoms with E-state index in [1.165, 1.54) is 0 Å². The number of alkyl halides is 1. The van der Waals surface area contributed by atoms with Crippen molar-refractivity contribution in [3.05, 3.63) is 59.7 Å². The maximum atomic E-state index is 12.2. The van der Waals surface area contributed by atoms with Crippen molar-refractivity contribution in [2.45, 2.75) is 19.2 Å². The van der Waals surface area contributed by atoms with E-state index in [0.29, 0.717) is 6.61 Å². The van der Waals surface area contributed by atoms with E-state index in [1.807, 2.05) is 62.4 Å². The smallest absolute Gasteiger partial charge is 0.246 e. The first-order valence-corrected chi connectivity index (χ1v) is 7.28. The second kappa shape index (κ2) is 7.14. The Morgan fingerprint density at radius 2 is 1.95 bits per heavy atom. The van der Waals surface area contributed by atoms with Crippen molar-refractivity contribution in [3.63, 3.8) is 0 Å². The standard InChI is InChI=1S/C17H18ClNO2/c1-3-21-14-9-10-15(12(2)11-14)19-17(20)16(18)13-7-5-4-6-8-13/h4-11,16H,3H2,1-2H3,(H,19,20). The molecule has 2 aromatic carbocycles. The number of amides is 1. The second-order valence-electron chi connectivity index (χ2n) is 4.67. The van der Waals surface area contributed by atoms with Crippen molar-refractivity contribution >= 4 is 23.2 Å². The Morgan fingerprint density at radius 3 is 2.57 bits per heavy atom. The van der Waals surface area contributed by atoms with Gasteiger partial charge in [-0.1, -0.05) is 30.3 Å². The molecule has 4 heteroatoms. The zero-order chi connectivity index (χ0) is 15.2. The minimum absolute atomic E-state index is 0.241. The third-order valence-electron chi connectivity index (χ3n) is 3.09. The van der Waals surface area contributed by atoms with Crippen molar-refractivity contribution in [1.29, 1.82) is 0 Å². The number of carbonyl (C=O) groups is 1. The van der Waals surface area contributed by atoms with Gasteiger partial charge in [-0.15, -0.1) is 11.6 Å². The molecule has 0 aliphatic carbocycles. The Bertz CT molecular complexity index is 613. The fourth-order valence-corrected chi connectivity index (χ4v) is 2.20. The summed E-state index contributed by atoms with van der Waals surface area (Å²) < 4.78 is 5.42. The van der Waals surface area contributed by atoms with Gasteiger partial charge in [0.25, 0.3) is 0 Å². The van der Waals surface area contributed by atoms with E-state index in [0.717, 1.165) is 22.6 Å². The molecule has 1 N–H and O–H groups in total. The molecule has 1 atom stereocenters. The maximum Gasteiger partial charge on any atom is 0.246 e. The van der Waals surface area contributed by atoms with Crippen molar-refractivity contribution in [3.8, 4) is 5.75 Å². The Labute approximate surface area is 129 Å². The topological polar surface area (TPSA) is 38.3 Å². The zero-order valence-corrected chi connectivity index (χ0v) is 12.9. The van der Waals surface area contributed by atoms with Crippen LogP contribution in [0.3, 0.4) is 0 Å². The van der Waals surface area contributed by atoms with Crippen LogP contribution in [0, 0.1) is 6.92 Å². The average molecular weight is 304 g/mol. The highest BCUT2D eigenvalue weighted by molar-refractivity contribution is 6.32. The van der Waals surface area contributed by atoms with Crippen LogP contribution >= 0.6 is 11.6 Å². The van der Waals surface area contributed by atoms with E-state index in [4.69, 9.17) is 16.3 Å². The largest absolute Gasteiger partial charge is 0.494 e. The van der Waals surface area contributed by atoms with Crippen LogP contribution < -0.4 is 10.1 Å². The van der Waals surface area contributed by atoms with E-state index in [2.05, 4.69) is 5.32 Å². The number of benzene rings is 2. The number of nitrogens with one attached hydrogen (secondary N) is 1. The highest BCUT2D eigenvalue weighted by atomic mass is 35.5. The van der Waals surface area contributed by atoms with E-state index in [-0.39, 0.29) is 5.91 Å². The Kier molecular flexibility index (Phi) is 5.23. The van der Waals surface area contributed by atoms with Gasteiger partial charge >= 0.3 is 0 Å². The van der Waals surface area contributed by atoms with Crippen LogP contribution in [-0.2, 0) is 4.79 Å². The fourth-order valence-electron chi connectivity index (χ4n) is 2.00. The lowest BCUT2D eigenvalue weighted by atomic mass is 10.1. The van der Waals surface area contributed by atoms with Crippen LogP contribution in [0.4, 0.5) is 5.69 Å². The lowest BCUT2D eigenvalue weighted by Gasteiger charge is -2.13. The first-order chi connectivity index (χ1) is 10.1. The van der Waals surface area contributed by atoms with Gasteiger partial charge in [0, 0.05) is 5.69 Å². The number of rotatable bonds is 5. The van der Waals surface area contributed by atoms with Crippen LogP contribution in [0.1, 0.15) is 23.4 Å². The molecule has 110 valence electrons. The number of hydrogen-bond donors (Lipinski definition) is 1. The Hall–Kier alpha value is -2.00. The van der Waals surface area contributed by atoms with Gasteiger partial charge in [0.05, 0.1) is 6.61 Å². The highest BCUT2D eigenvalue weighted by Crippen LogP contribution is 2.25. The quantitative estimate of drug-likeness (QED) is 0.836. The summed E-state index contributed by atoms with van der Waals surface area (Å²) in [7, 11) is 0. The summed E-state index contributed by atoms with van der Waals surface area (Å²) in [6.45, 7) is 4.47. The zero-order valence-electron chi connectivity index (χ0n) is 12.1. The molecule has 0 saturated heterocycles. The minimum Gasteiger partial charge on any atom is -0.494 e. The van der Waals surface area contributed by atoms with Gasteiger partial charge < -0.3 is 10.1 Å². The molecule has 2 rings (SSSR count). The molecule has 0 saturated carbocycles. The van der Waals surface area contributed by atoms with Gasteiger partial charge in [0.15, 0.2) is 0 Å². The summed E-state index contributed by atoms with van der Waals surface area (Å²) in [5.74, 6) is 0.550. The maximum absolute atomic E-state index is 12.2. The van der Waals surface area contributed by atoms with E-state index < -0.39 is 5.38 Å². The van der Waals surface area contributed by atoms with Gasteiger partial charge in [-0.25, -0.2) is 0 Å². The summed E-state index contributed by atoms with van der Waals surface area (Å²) >= 11 is 6.20. The first kappa shape index (κ1) is 15.4. The molecule has 0 bridgehead atoms. The second-order valence-corrected chi connectivity index (χ2v) is 5.11. The molecule has 0 fully saturated rings. The monoisotopic (exact) mass is 303 g/mol. The molecule has 0 aliphatic rings. The lowest BCUT2D eigenvalue weighted by Crippen LogP contribution is -2.17. The molecule has 0 aromatic heterocycles. The summed E-state index contributed by atoms with van der Waals surface area (Å²) in [6.07, 6.45) is 0. The first-order valence-electron chi connectivity index (χ1n) is 6.85. The number of hydrogen-bond acceptors (Lipinski definition) is 2.